The number of hydrogen-bond donors (Lipinski definition) is 2. The number of hydrazone groups is 1. The smallest absolute Gasteiger partial charge is 0.116 e. The highest BCUT2D eigenvalue weighted by atomic mass is 32.1. The van der Waals surface area contributed by atoms with Gasteiger partial charge in [0.15, 0.2) is 0 Å². The summed E-state index contributed by atoms with van der Waals surface area (Å²) in [6, 6.07) is 17.8. The Morgan fingerprint density at radius 2 is 1.83 bits per heavy atom. The number of nitrogens with zero attached hydrogens (tertiary/aromatic N) is 2. The molecule has 0 radical (unpaired) electrons. The van der Waals surface area contributed by atoms with E-state index in [0.29, 0.717) is 11.4 Å². The first-order valence-electron chi connectivity index (χ1n) is 10.2. The van der Waals surface area contributed by atoms with Crippen molar-refractivity contribution >= 4 is 28.8 Å². The molecular formula is C25H30N4S. The monoisotopic (exact) mass is 418 g/mol. The Morgan fingerprint density at radius 3 is 2.50 bits per heavy atom. The molecule has 0 aliphatic carbocycles. The summed E-state index contributed by atoms with van der Waals surface area (Å²) in [5.74, 6) is 0. The summed E-state index contributed by atoms with van der Waals surface area (Å²) in [6.07, 6.45) is 6.19. The fourth-order valence-electron chi connectivity index (χ4n) is 2.88. The third kappa shape index (κ3) is 6.78. The lowest BCUT2D eigenvalue weighted by atomic mass is 9.98. The molecule has 2 aromatic carbocycles. The summed E-state index contributed by atoms with van der Waals surface area (Å²) >= 11 is 1.70. The molecule has 2 N–H and O–H groups in total. The molecule has 0 aliphatic heterocycles. The summed E-state index contributed by atoms with van der Waals surface area (Å²) in [5.41, 5.74) is 7.87. The van der Waals surface area contributed by atoms with Crippen LogP contribution in [0.2, 0.25) is 0 Å². The van der Waals surface area contributed by atoms with Gasteiger partial charge in [0.1, 0.15) is 5.71 Å². The molecule has 0 spiro atoms. The van der Waals surface area contributed by atoms with Crippen molar-refractivity contribution in [2.45, 2.75) is 33.6 Å². The van der Waals surface area contributed by atoms with Gasteiger partial charge in [-0.2, -0.15) is 5.10 Å². The zero-order valence-corrected chi connectivity index (χ0v) is 19.0. The predicted molar refractivity (Wildman–Crippen MR) is 131 cm³/mol. The summed E-state index contributed by atoms with van der Waals surface area (Å²) < 4.78 is 0. The van der Waals surface area contributed by atoms with E-state index in [0.717, 1.165) is 40.2 Å². The van der Waals surface area contributed by atoms with Gasteiger partial charge in [-0.1, -0.05) is 74.5 Å². The van der Waals surface area contributed by atoms with Crippen LogP contribution < -0.4 is 5.43 Å². The van der Waals surface area contributed by atoms with Gasteiger partial charge in [0.05, 0.1) is 16.4 Å². The second-order valence-electron chi connectivity index (χ2n) is 6.35. The van der Waals surface area contributed by atoms with Crippen LogP contribution in [0.25, 0.3) is 6.08 Å². The van der Waals surface area contributed by atoms with Crippen LogP contribution in [-0.2, 0) is 6.42 Å². The lowest BCUT2D eigenvalue weighted by Crippen LogP contribution is -2.19. The van der Waals surface area contributed by atoms with Crippen LogP contribution in [0.5, 0.6) is 0 Å². The zero-order valence-electron chi connectivity index (χ0n) is 18.1. The van der Waals surface area contributed by atoms with E-state index in [1.165, 1.54) is 0 Å². The Bertz CT molecular complexity index is 987. The first-order chi connectivity index (χ1) is 14.7. The number of benzene rings is 2. The molecule has 0 bridgehead atoms. The highest BCUT2D eigenvalue weighted by molar-refractivity contribution is 7.09. The molecule has 4 nitrogen and oxygen atoms in total. The van der Waals surface area contributed by atoms with Crippen LogP contribution in [0.15, 0.2) is 71.2 Å². The van der Waals surface area contributed by atoms with Crippen LogP contribution in [0.3, 0.4) is 0 Å². The van der Waals surface area contributed by atoms with Gasteiger partial charge in [0, 0.05) is 23.6 Å². The third-order valence-corrected chi connectivity index (χ3v) is 5.05. The van der Waals surface area contributed by atoms with Gasteiger partial charge in [-0.3, -0.25) is 5.41 Å². The first kappa shape index (κ1) is 23.2. The van der Waals surface area contributed by atoms with E-state index in [9.17, 15) is 0 Å². The molecule has 1 aromatic heterocycles. The van der Waals surface area contributed by atoms with Crippen molar-refractivity contribution in [3.63, 3.8) is 0 Å². The molecular weight excluding hydrogens is 388 g/mol. The van der Waals surface area contributed by atoms with Crippen molar-refractivity contribution < 1.29 is 0 Å². The molecule has 1 heterocycles. The van der Waals surface area contributed by atoms with Crippen molar-refractivity contribution in [3.8, 4) is 0 Å². The highest BCUT2D eigenvalue weighted by Crippen LogP contribution is 2.14. The summed E-state index contributed by atoms with van der Waals surface area (Å²) in [6.45, 7) is 6.03. The van der Waals surface area contributed by atoms with Gasteiger partial charge in [-0.15, -0.1) is 11.3 Å². The molecule has 0 saturated heterocycles. The fourth-order valence-corrected chi connectivity index (χ4v) is 3.53. The van der Waals surface area contributed by atoms with Crippen molar-refractivity contribution in [1.29, 1.82) is 5.41 Å². The lowest BCUT2D eigenvalue weighted by molar-refractivity contribution is 0.904. The van der Waals surface area contributed by atoms with E-state index < -0.39 is 0 Å². The van der Waals surface area contributed by atoms with Gasteiger partial charge in [-0.05, 0) is 31.4 Å². The van der Waals surface area contributed by atoms with E-state index in [-0.39, 0.29) is 0 Å². The Kier molecular flexibility index (Phi) is 9.68. The van der Waals surface area contributed by atoms with E-state index in [2.05, 4.69) is 45.2 Å². The Balaban J connectivity index is 0.00000155. The summed E-state index contributed by atoms with van der Waals surface area (Å²) in [7, 11) is 1.75. The largest absolute Gasteiger partial charge is 0.312 e. The number of aromatic nitrogens is 1. The molecule has 156 valence electrons. The minimum atomic E-state index is 0.398. The Hall–Kier alpha value is -3.05. The van der Waals surface area contributed by atoms with E-state index in [4.69, 9.17) is 5.41 Å². The quantitative estimate of drug-likeness (QED) is 0.342. The third-order valence-electron chi connectivity index (χ3n) is 4.23. The average Bonchev–Trinajstić information content (AvgIpc) is 3.22. The fraction of sp³-hybridized carbons (Fsp3) is 0.240. The minimum Gasteiger partial charge on any atom is -0.312 e. The van der Waals surface area contributed by atoms with Gasteiger partial charge in [-0.25, -0.2) is 4.98 Å². The lowest BCUT2D eigenvalue weighted by Gasteiger charge is -2.09. The van der Waals surface area contributed by atoms with E-state index >= 15 is 0 Å². The van der Waals surface area contributed by atoms with Crippen LogP contribution in [-0.4, -0.2) is 23.5 Å². The van der Waals surface area contributed by atoms with E-state index in [1.807, 2.05) is 63.2 Å². The first-order valence-corrected chi connectivity index (χ1v) is 11.1. The molecule has 0 unspecified atom stereocenters. The van der Waals surface area contributed by atoms with Gasteiger partial charge < -0.3 is 5.43 Å². The maximum Gasteiger partial charge on any atom is 0.116 e. The second kappa shape index (κ2) is 12.5. The normalized spacial score (nSPS) is 11.1. The van der Waals surface area contributed by atoms with Crippen molar-refractivity contribution in [1.82, 2.24) is 10.4 Å². The molecule has 3 rings (SSSR count). The van der Waals surface area contributed by atoms with Crippen molar-refractivity contribution in [2.24, 2.45) is 5.10 Å². The molecule has 3 aromatic rings. The summed E-state index contributed by atoms with van der Waals surface area (Å²) in [5, 5.41) is 16.2. The van der Waals surface area contributed by atoms with Crippen molar-refractivity contribution in [2.75, 3.05) is 7.05 Å². The maximum atomic E-state index is 8.57. The highest BCUT2D eigenvalue weighted by Gasteiger charge is 2.12. The second-order valence-corrected chi connectivity index (χ2v) is 7.41. The SMILES string of the molecule is CC.CN/N=C(\C(=N)c1ccccc1)c1cccc(/C=C/CCc2csc(C)n2)c1. The Morgan fingerprint density at radius 1 is 1.10 bits per heavy atom. The van der Waals surface area contributed by atoms with Crippen LogP contribution in [0.4, 0.5) is 0 Å². The molecule has 30 heavy (non-hydrogen) atoms. The maximum absolute atomic E-state index is 8.57. The van der Waals surface area contributed by atoms with Gasteiger partial charge in [0.25, 0.3) is 0 Å². The van der Waals surface area contributed by atoms with Gasteiger partial charge >= 0.3 is 0 Å². The number of rotatable bonds is 8. The number of thiazole rings is 1. The van der Waals surface area contributed by atoms with Crippen LogP contribution >= 0.6 is 11.3 Å². The number of nitrogens with one attached hydrogen (secondary N) is 2. The van der Waals surface area contributed by atoms with E-state index in [1.54, 1.807) is 18.4 Å². The number of aryl methyl sites for hydroxylation is 2. The predicted octanol–water partition coefficient (Wildman–Crippen LogP) is 6.12. The molecule has 0 aliphatic rings. The van der Waals surface area contributed by atoms with Crippen LogP contribution in [0.1, 0.15) is 47.7 Å². The number of hydrogen-bond acceptors (Lipinski definition) is 5. The summed E-state index contributed by atoms with van der Waals surface area (Å²) in [4.78, 5) is 4.50. The molecule has 0 atom stereocenters. The number of allylic oxidation sites excluding steroid dienone is 1. The van der Waals surface area contributed by atoms with Crippen LogP contribution in [0, 0.1) is 12.3 Å². The van der Waals surface area contributed by atoms with Gasteiger partial charge in [0.2, 0.25) is 0 Å². The molecule has 5 heteroatoms. The minimum absolute atomic E-state index is 0.398. The molecule has 0 fully saturated rings. The average molecular weight is 419 g/mol. The zero-order chi connectivity index (χ0) is 21.8. The molecule has 0 saturated carbocycles. The topological polar surface area (TPSA) is 61.1 Å². The molecule has 0 amide bonds. The Labute approximate surface area is 183 Å². The standard InChI is InChI=1S/C23H24N4S.C2H6/c1-17-26-21(16-28-17)14-7-6-9-18-10-8-13-20(15-18)23(27-25-2)22(24)19-11-4-3-5-12-19;1-2/h3-6,8-13,15-16,24-25H,7,14H2,1-2H3;1-2H3/b9-6+,24-22?,27-23-;. The van der Waals surface area contributed by atoms with Crippen molar-refractivity contribution in [3.05, 3.63) is 93.4 Å².